The minimum atomic E-state index is -0.180. The van der Waals surface area contributed by atoms with Crippen LogP contribution in [0.25, 0.3) is 27.7 Å². The van der Waals surface area contributed by atoms with Gasteiger partial charge >= 0.3 is 0 Å². The zero-order valence-corrected chi connectivity index (χ0v) is 21.0. The number of hydrogen-bond acceptors (Lipinski definition) is 4. The summed E-state index contributed by atoms with van der Waals surface area (Å²) in [6.45, 7) is 6.75. The maximum atomic E-state index is 12.7. The maximum Gasteiger partial charge on any atom is 0.244 e. The number of rotatable bonds is 8. The standard InChI is InChI=1S/C29H28ClNO4/c1-5-34-28-19(3)29-25(26(17-35-29)21-8-12-23(33-4)13-9-21)15-24(28)18(2)14-27(32)31-16-20-6-10-22(30)11-7-20/h6-15,17H,5,16H2,1-4H3,(H,31,32)/b18-14+. The summed E-state index contributed by atoms with van der Waals surface area (Å²) in [6, 6.07) is 17.3. The van der Waals surface area contributed by atoms with Gasteiger partial charge in [-0.25, -0.2) is 0 Å². The molecule has 0 saturated heterocycles. The van der Waals surface area contributed by atoms with E-state index in [0.29, 0.717) is 18.2 Å². The molecule has 0 spiro atoms. The molecule has 0 aliphatic rings. The molecule has 1 heterocycles. The number of hydrogen-bond donors (Lipinski definition) is 1. The normalized spacial score (nSPS) is 11.5. The van der Waals surface area contributed by atoms with Crippen LogP contribution in [0.4, 0.5) is 0 Å². The topological polar surface area (TPSA) is 60.7 Å². The number of furan rings is 1. The Kier molecular flexibility index (Phi) is 7.47. The van der Waals surface area contributed by atoms with Crippen LogP contribution in [-0.2, 0) is 11.3 Å². The van der Waals surface area contributed by atoms with Gasteiger partial charge in [0.05, 0.1) is 20.0 Å². The first kappa shape index (κ1) is 24.4. The molecule has 0 unspecified atom stereocenters. The van der Waals surface area contributed by atoms with E-state index < -0.39 is 0 Å². The van der Waals surface area contributed by atoms with E-state index in [4.69, 9.17) is 25.5 Å². The Bertz CT molecular complexity index is 1370. The third-order valence-corrected chi connectivity index (χ3v) is 6.14. The van der Waals surface area contributed by atoms with Crippen LogP contribution in [0.15, 0.2) is 71.4 Å². The Balaban J connectivity index is 1.69. The second-order valence-corrected chi connectivity index (χ2v) is 8.67. The Morgan fingerprint density at radius 2 is 1.83 bits per heavy atom. The highest BCUT2D eigenvalue weighted by atomic mass is 35.5. The van der Waals surface area contributed by atoms with Gasteiger partial charge in [-0.3, -0.25) is 4.79 Å². The number of aryl methyl sites for hydroxylation is 1. The minimum Gasteiger partial charge on any atom is -0.497 e. The number of ether oxygens (including phenoxy) is 2. The third kappa shape index (κ3) is 5.36. The van der Waals surface area contributed by atoms with Crippen LogP contribution in [-0.4, -0.2) is 19.6 Å². The molecule has 180 valence electrons. The average Bonchev–Trinajstić information content (AvgIpc) is 3.29. The molecule has 4 rings (SSSR count). The fourth-order valence-electron chi connectivity index (χ4n) is 4.05. The van der Waals surface area contributed by atoms with Gasteiger partial charge in [0.2, 0.25) is 5.91 Å². The summed E-state index contributed by atoms with van der Waals surface area (Å²) in [5, 5.41) is 4.56. The van der Waals surface area contributed by atoms with Crippen LogP contribution < -0.4 is 14.8 Å². The number of halogens is 1. The van der Waals surface area contributed by atoms with Gasteiger partial charge in [0, 0.05) is 39.7 Å². The average molecular weight is 490 g/mol. The van der Waals surface area contributed by atoms with Gasteiger partial charge in [0.25, 0.3) is 0 Å². The predicted octanol–water partition coefficient (Wildman–Crippen LogP) is 7.19. The highest BCUT2D eigenvalue weighted by Gasteiger charge is 2.19. The van der Waals surface area contributed by atoms with Crippen molar-refractivity contribution in [3.05, 3.63) is 88.6 Å². The molecule has 0 radical (unpaired) electrons. The Morgan fingerprint density at radius 1 is 1.11 bits per heavy atom. The first-order valence-corrected chi connectivity index (χ1v) is 11.8. The molecule has 3 aromatic carbocycles. The number of fused-ring (bicyclic) bond motifs is 1. The molecule has 35 heavy (non-hydrogen) atoms. The molecule has 1 amide bonds. The van der Waals surface area contributed by atoms with Gasteiger partial charge in [0.15, 0.2) is 0 Å². The van der Waals surface area contributed by atoms with E-state index in [-0.39, 0.29) is 5.91 Å². The van der Waals surface area contributed by atoms with Gasteiger partial charge in [-0.05, 0) is 67.8 Å². The van der Waals surface area contributed by atoms with Crippen molar-refractivity contribution in [2.24, 2.45) is 0 Å². The summed E-state index contributed by atoms with van der Waals surface area (Å²) >= 11 is 5.94. The Hall–Kier alpha value is -3.70. The van der Waals surface area contributed by atoms with Crippen molar-refractivity contribution >= 4 is 34.1 Å². The van der Waals surface area contributed by atoms with E-state index in [1.807, 2.05) is 75.4 Å². The van der Waals surface area contributed by atoms with Gasteiger partial charge in [0.1, 0.15) is 17.1 Å². The molecular formula is C29H28ClNO4. The molecule has 6 heteroatoms. The second kappa shape index (κ2) is 10.7. The summed E-state index contributed by atoms with van der Waals surface area (Å²) in [5.74, 6) is 1.33. The molecule has 0 aliphatic carbocycles. The quantitative estimate of drug-likeness (QED) is 0.266. The van der Waals surface area contributed by atoms with E-state index >= 15 is 0 Å². The Morgan fingerprint density at radius 3 is 2.49 bits per heavy atom. The zero-order chi connectivity index (χ0) is 24.9. The number of allylic oxidation sites excluding steroid dienone is 1. The van der Waals surface area contributed by atoms with E-state index in [1.165, 1.54) is 0 Å². The van der Waals surface area contributed by atoms with Gasteiger partial charge in [-0.15, -0.1) is 0 Å². The summed E-state index contributed by atoms with van der Waals surface area (Å²) < 4.78 is 17.3. The smallest absolute Gasteiger partial charge is 0.244 e. The van der Waals surface area contributed by atoms with Crippen LogP contribution in [0.3, 0.4) is 0 Å². The lowest BCUT2D eigenvalue weighted by Crippen LogP contribution is -2.20. The molecule has 0 atom stereocenters. The number of benzene rings is 3. The highest BCUT2D eigenvalue weighted by molar-refractivity contribution is 6.30. The maximum absolute atomic E-state index is 12.7. The Labute approximate surface area is 210 Å². The summed E-state index contributed by atoms with van der Waals surface area (Å²) in [6.07, 6.45) is 3.36. The van der Waals surface area contributed by atoms with E-state index in [2.05, 4.69) is 5.32 Å². The van der Waals surface area contributed by atoms with Crippen LogP contribution in [0.1, 0.15) is 30.5 Å². The van der Waals surface area contributed by atoms with Gasteiger partial charge < -0.3 is 19.2 Å². The molecule has 5 nitrogen and oxygen atoms in total. The molecule has 0 fully saturated rings. The van der Waals surface area contributed by atoms with E-state index in [9.17, 15) is 4.79 Å². The molecule has 0 bridgehead atoms. The van der Waals surface area contributed by atoms with Gasteiger partial charge in [-0.1, -0.05) is 35.9 Å². The number of carbonyl (C=O) groups excluding carboxylic acids is 1. The van der Waals surface area contributed by atoms with E-state index in [0.717, 1.165) is 55.9 Å². The van der Waals surface area contributed by atoms with Crippen molar-refractivity contribution in [1.82, 2.24) is 5.32 Å². The van der Waals surface area contributed by atoms with Gasteiger partial charge in [-0.2, -0.15) is 0 Å². The fraction of sp³-hybridized carbons (Fsp3) is 0.207. The van der Waals surface area contributed by atoms with Crippen molar-refractivity contribution in [3.8, 4) is 22.6 Å². The number of amides is 1. The molecule has 0 aliphatic heterocycles. The summed E-state index contributed by atoms with van der Waals surface area (Å²) in [4.78, 5) is 12.7. The van der Waals surface area contributed by atoms with Crippen molar-refractivity contribution in [1.29, 1.82) is 0 Å². The van der Waals surface area contributed by atoms with Crippen molar-refractivity contribution in [2.45, 2.75) is 27.3 Å². The third-order valence-electron chi connectivity index (χ3n) is 5.89. The largest absolute Gasteiger partial charge is 0.497 e. The molecule has 0 saturated carbocycles. The minimum absolute atomic E-state index is 0.180. The van der Waals surface area contributed by atoms with Crippen molar-refractivity contribution in [3.63, 3.8) is 0 Å². The first-order valence-electron chi connectivity index (χ1n) is 11.4. The van der Waals surface area contributed by atoms with Crippen LogP contribution in [0, 0.1) is 6.92 Å². The second-order valence-electron chi connectivity index (χ2n) is 8.24. The highest BCUT2D eigenvalue weighted by Crippen LogP contribution is 2.41. The molecular weight excluding hydrogens is 462 g/mol. The van der Waals surface area contributed by atoms with Crippen molar-refractivity contribution in [2.75, 3.05) is 13.7 Å². The zero-order valence-electron chi connectivity index (χ0n) is 20.3. The SMILES string of the molecule is CCOc1c(/C(C)=C/C(=O)NCc2ccc(Cl)cc2)cc2c(-c3ccc(OC)cc3)coc2c1C. The predicted molar refractivity (Wildman–Crippen MR) is 141 cm³/mol. The number of carbonyl (C=O) groups is 1. The monoisotopic (exact) mass is 489 g/mol. The number of methoxy groups -OCH3 is 1. The molecule has 1 N–H and O–H groups in total. The first-order chi connectivity index (χ1) is 16.9. The van der Waals surface area contributed by atoms with Crippen molar-refractivity contribution < 1.29 is 18.7 Å². The lowest BCUT2D eigenvalue weighted by molar-refractivity contribution is -0.116. The fourth-order valence-corrected chi connectivity index (χ4v) is 4.18. The molecule has 4 aromatic rings. The van der Waals surface area contributed by atoms with Crippen LogP contribution in [0.2, 0.25) is 5.02 Å². The summed E-state index contributed by atoms with van der Waals surface area (Å²) in [5.41, 5.74) is 6.28. The number of nitrogens with one attached hydrogen (secondary N) is 1. The molecule has 1 aromatic heterocycles. The van der Waals surface area contributed by atoms with Crippen LogP contribution in [0.5, 0.6) is 11.5 Å². The summed E-state index contributed by atoms with van der Waals surface area (Å²) in [7, 11) is 1.65. The van der Waals surface area contributed by atoms with E-state index in [1.54, 1.807) is 19.4 Å². The van der Waals surface area contributed by atoms with Crippen LogP contribution >= 0.6 is 11.6 Å². The lowest BCUT2D eigenvalue weighted by Gasteiger charge is -2.15. The lowest BCUT2D eigenvalue weighted by atomic mass is 9.96.